The van der Waals surface area contributed by atoms with Gasteiger partial charge in [0, 0.05) is 23.9 Å². The Morgan fingerprint density at radius 2 is 2.14 bits per heavy atom. The molecule has 0 spiro atoms. The van der Waals surface area contributed by atoms with Crippen molar-refractivity contribution >= 4 is 0 Å². The van der Waals surface area contributed by atoms with Crippen molar-refractivity contribution in [2.45, 2.75) is 39.8 Å². The number of imidazole rings is 1. The number of H-pyrrole nitrogens is 1. The van der Waals surface area contributed by atoms with Crippen LogP contribution in [0.15, 0.2) is 11.0 Å². The van der Waals surface area contributed by atoms with Crippen LogP contribution in [0.4, 0.5) is 0 Å². The lowest BCUT2D eigenvalue weighted by Crippen LogP contribution is -2.25. The molecule has 0 aliphatic rings. The minimum atomic E-state index is -0.108. The number of nitrogens with one attached hydrogen (secondary N) is 1. The molecule has 1 aromatic heterocycles. The molecular formula is C10H18N2O2. The number of nitrogens with zero attached hydrogens (tertiary/aromatic N) is 1. The van der Waals surface area contributed by atoms with Gasteiger partial charge in [-0.3, -0.25) is 4.57 Å². The molecule has 1 N–H and O–H groups in total. The van der Waals surface area contributed by atoms with Gasteiger partial charge in [-0.2, -0.15) is 0 Å². The van der Waals surface area contributed by atoms with Crippen LogP contribution in [0.1, 0.15) is 33.4 Å². The Hall–Kier alpha value is -1.03. The van der Waals surface area contributed by atoms with E-state index in [0.717, 1.165) is 5.69 Å². The lowest BCUT2D eigenvalue weighted by atomic mass is 9.93. The average Bonchev–Trinajstić information content (AvgIpc) is 2.42. The van der Waals surface area contributed by atoms with Crippen molar-refractivity contribution < 1.29 is 4.74 Å². The summed E-state index contributed by atoms with van der Waals surface area (Å²) in [6.07, 6.45) is 1.75. The van der Waals surface area contributed by atoms with Crippen LogP contribution < -0.4 is 5.69 Å². The summed E-state index contributed by atoms with van der Waals surface area (Å²) in [5.41, 5.74) is 0.815. The number of hydrogen-bond acceptors (Lipinski definition) is 2. The number of aromatic nitrogens is 2. The smallest absolute Gasteiger partial charge is 0.327 e. The first-order chi connectivity index (χ1) is 6.46. The maximum Gasteiger partial charge on any atom is 0.327 e. The zero-order valence-electron chi connectivity index (χ0n) is 9.26. The Kier molecular flexibility index (Phi) is 3.16. The number of rotatable bonds is 3. The molecule has 0 aliphatic heterocycles. The van der Waals surface area contributed by atoms with Crippen molar-refractivity contribution in [1.29, 1.82) is 0 Å². The van der Waals surface area contributed by atoms with E-state index in [9.17, 15) is 4.79 Å². The minimum absolute atomic E-state index is 0.0454. The van der Waals surface area contributed by atoms with Crippen LogP contribution in [0.2, 0.25) is 0 Å². The highest BCUT2D eigenvalue weighted by Crippen LogP contribution is 2.19. The van der Waals surface area contributed by atoms with E-state index in [-0.39, 0.29) is 11.1 Å². The first kappa shape index (κ1) is 11.0. The molecule has 0 amide bonds. The van der Waals surface area contributed by atoms with E-state index in [0.29, 0.717) is 13.3 Å². The van der Waals surface area contributed by atoms with Gasteiger partial charge in [-0.05, 0) is 6.92 Å². The average molecular weight is 198 g/mol. The quantitative estimate of drug-likeness (QED) is 0.799. The predicted molar refractivity (Wildman–Crippen MR) is 55.4 cm³/mol. The van der Waals surface area contributed by atoms with Gasteiger partial charge >= 0.3 is 5.69 Å². The molecule has 0 atom stereocenters. The number of hydrogen-bond donors (Lipinski definition) is 1. The Bertz CT molecular complexity index is 344. The largest absolute Gasteiger partial charge is 0.361 e. The Morgan fingerprint density at radius 3 is 2.64 bits per heavy atom. The van der Waals surface area contributed by atoms with Crippen LogP contribution in [-0.4, -0.2) is 16.2 Å². The fraction of sp³-hybridized carbons (Fsp3) is 0.700. The second kappa shape index (κ2) is 4.00. The molecule has 80 valence electrons. The van der Waals surface area contributed by atoms with Gasteiger partial charge in [0.25, 0.3) is 0 Å². The third-order valence-electron chi connectivity index (χ3n) is 2.06. The molecule has 0 saturated carbocycles. The van der Waals surface area contributed by atoms with Gasteiger partial charge in [0.2, 0.25) is 0 Å². The maximum absolute atomic E-state index is 11.4. The first-order valence-electron chi connectivity index (χ1n) is 4.83. The first-order valence-corrected chi connectivity index (χ1v) is 4.83. The highest BCUT2D eigenvalue weighted by Gasteiger charge is 2.19. The van der Waals surface area contributed by atoms with Crippen LogP contribution >= 0.6 is 0 Å². The molecule has 0 saturated heterocycles. The lowest BCUT2D eigenvalue weighted by Gasteiger charge is -2.19. The van der Waals surface area contributed by atoms with Crippen molar-refractivity contribution in [3.63, 3.8) is 0 Å². The number of ether oxygens (including phenoxy) is 1. The van der Waals surface area contributed by atoms with Gasteiger partial charge in [-0.25, -0.2) is 4.79 Å². The van der Waals surface area contributed by atoms with Crippen LogP contribution in [0, 0.1) is 0 Å². The summed E-state index contributed by atoms with van der Waals surface area (Å²) >= 11 is 0. The van der Waals surface area contributed by atoms with Crippen LogP contribution in [-0.2, 0) is 16.9 Å². The van der Waals surface area contributed by atoms with E-state index in [2.05, 4.69) is 25.8 Å². The van der Waals surface area contributed by atoms with Gasteiger partial charge < -0.3 is 9.72 Å². The van der Waals surface area contributed by atoms with E-state index in [1.54, 1.807) is 10.8 Å². The fourth-order valence-corrected chi connectivity index (χ4v) is 1.33. The highest BCUT2D eigenvalue weighted by molar-refractivity contribution is 5.10. The summed E-state index contributed by atoms with van der Waals surface area (Å²) < 4.78 is 6.87. The Balaban J connectivity index is 3.01. The van der Waals surface area contributed by atoms with Crippen molar-refractivity contribution in [2.75, 3.05) is 6.61 Å². The molecule has 0 bridgehead atoms. The normalized spacial score (nSPS) is 12.0. The number of aromatic amines is 1. The van der Waals surface area contributed by atoms with E-state index >= 15 is 0 Å². The van der Waals surface area contributed by atoms with E-state index in [1.807, 2.05) is 6.92 Å². The zero-order valence-corrected chi connectivity index (χ0v) is 9.26. The Morgan fingerprint density at radius 1 is 1.50 bits per heavy atom. The van der Waals surface area contributed by atoms with Crippen molar-refractivity contribution in [2.24, 2.45) is 0 Å². The second-order valence-electron chi connectivity index (χ2n) is 4.28. The van der Waals surface area contributed by atoms with Gasteiger partial charge in [0.1, 0.15) is 6.73 Å². The molecular weight excluding hydrogens is 180 g/mol. The molecule has 1 rings (SSSR count). The molecule has 4 nitrogen and oxygen atoms in total. The molecule has 0 aromatic carbocycles. The summed E-state index contributed by atoms with van der Waals surface area (Å²) in [4.78, 5) is 14.1. The molecule has 4 heteroatoms. The monoisotopic (exact) mass is 198 g/mol. The van der Waals surface area contributed by atoms with Gasteiger partial charge in [0.15, 0.2) is 0 Å². The lowest BCUT2D eigenvalue weighted by molar-refractivity contribution is 0.0818. The van der Waals surface area contributed by atoms with Crippen LogP contribution in [0.3, 0.4) is 0 Å². The third kappa shape index (κ3) is 2.26. The molecule has 0 radical (unpaired) electrons. The van der Waals surface area contributed by atoms with Gasteiger partial charge in [-0.1, -0.05) is 20.8 Å². The summed E-state index contributed by atoms with van der Waals surface area (Å²) in [7, 11) is 0. The van der Waals surface area contributed by atoms with Crippen molar-refractivity contribution in [3.05, 3.63) is 22.4 Å². The summed E-state index contributed by atoms with van der Waals surface area (Å²) in [6.45, 7) is 9.05. The van der Waals surface area contributed by atoms with E-state index in [4.69, 9.17) is 4.74 Å². The van der Waals surface area contributed by atoms with E-state index in [1.165, 1.54) is 0 Å². The van der Waals surface area contributed by atoms with Crippen molar-refractivity contribution in [3.8, 4) is 0 Å². The molecule has 1 aromatic rings. The minimum Gasteiger partial charge on any atom is -0.361 e. The van der Waals surface area contributed by atoms with Crippen molar-refractivity contribution in [1.82, 2.24) is 9.55 Å². The SMILES string of the molecule is CCOCn1c(C(C)(C)C)c[nH]c1=O. The zero-order chi connectivity index (χ0) is 10.8. The summed E-state index contributed by atoms with van der Waals surface area (Å²) in [6, 6.07) is 0. The standard InChI is InChI=1S/C10H18N2O2/c1-5-14-7-12-8(10(2,3)4)6-11-9(12)13/h6H,5,7H2,1-4H3,(H,11,13). The fourth-order valence-electron chi connectivity index (χ4n) is 1.33. The topological polar surface area (TPSA) is 47.0 Å². The molecule has 0 fully saturated rings. The van der Waals surface area contributed by atoms with Crippen LogP contribution in [0.25, 0.3) is 0 Å². The molecule has 0 unspecified atom stereocenters. The molecule has 1 heterocycles. The van der Waals surface area contributed by atoms with E-state index < -0.39 is 0 Å². The maximum atomic E-state index is 11.4. The highest BCUT2D eigenvalue weighted by atomic mass is 16.5. The predicted octanol–water partition coefficient (Wildman–Crippen LogP) is 1.47. The second-order valence-corrected chi connectivity index (χ2v) is 4.28. The van der Waals surface area contributed by atoms with Crippen LogP contribution in [0.5, 0.6) is 0 Å². The molecule has 14 heavy (non-hydrogen) atoms. The van der Waals surface area contributed by atoms with Gasteiger partial charge in [-0.15, -0.1) is 0 Å². The molecule has 0 aliphatic carbocycles. The van der Waals surface area contributed by atoms with Gasteiger partial charge in [0.05, 0.1) is 0 Å². The third-order valence-corrected chi connectivity index (χ3v) is 2.06. The summed E-state index contributed by atoms with van der Waals surface area (Å²) in [5, 5.41) is 0. The Labute approximate surface area is 83.9 Å². The summed E-state index contributed by atoms with van der Waals surface area (Å²) in [5.74, 6) is 0.